The van der Waals surface area contributed by atoms with Gasteiger partial charge in [-0.05, 0) is 24.3 Å². The van der Waals surface area contributed by atoms with Crippen molar-refractivity contribution in [3.8, 4) is 5.75 Å². The highest BCUT2D eigenvalue weighted by molar-refractivity contribution is 9.10. The van der Waals surface area contributed by atoms with Crippen LogP contribution in [-0.4, -0.2) is 53.5 Å². The van der Waals surface area contributed by atoms with Crippen LogP contribution in [-0.2, 0) is 14.4 Å². The summed E-state index contributed by atoms with van der Waals surface area (Å²) in [6.45, 7) is -0.698. The molecular weight excluding hydrogens is 344 g/mol. The number of nitrogens with one attached hydrogen (secondary N) is 1. The fraction of sp³-hybridized carbons (Fsp3) is 0.308. The van der Waals surface area contributed by atoms with Crippen molar-refractivity contribution in [2.75, 3.05) is 19.7 Å². The number of hydrogen-bond donors (Lipinski definition) is 2. The Hall–Kier alpha value is -2.09. The highest BCUT2D eigenvalue weighted by atomic mass is 79.9. The van der Waals surface area contributed by atoms with Gasteiger partial charge in [-0.25, -0.2) is 4.79 Å². The number of hydrogen-bond acceptors (Lipinski definition) is 4. The minimum atomic E-state index is -1.16. The lowest BCUT2D eigenvalue weighted by Crippen LogP contribution is -2.60. The number of amides is 2. The number of halogens is 1. The number of carbonyl (C=O) groups is 3. The molecule has 21 heavy (non-hydrogen) atoms. The topological polar surface area (TPSA) is 95.9 Å². The normalized spacial score (nSPS) is 18.0. The number of carbonyl (C=O) groups excluding carboxylic acids is 2. The predicted molar refractivity (Wildman–Crippen MR) is 75.8 cm³/mol. The maximum absolute atomic E-state index is 12.0. The van der Waals surface area contributed by atoms with Crippen LogP contribution in [0.15, 0.2) is 28.7 Å². The summed E-state index contributed by atoms with van der Waals surface area (Å²) in [5.41, 5.74) is 0. The van der Waals surface area contributed by atoms with Crippen LogP contribution in [0.1, 0.15) is 0 Å². The first-order chi connectivity index (χ1) is 9.97. The van der Waals surface area contributed by atoms with Crippen LogP contribution in [0.4, 0.5) is 0 Å². The largest absolute Gasteiger partial charge is 0.484 e. The smallest absolute Gasteiger partial charge is 0.328 e. The van der Waals surface area contributed by atoms with E-state index in [0.717, 1.165) is 9.37 Å². The Labute approximate surface area is 129 Å². The van der Waals surface area contributed by atoms with E-state index in [1.165, 1.54) is 0 Å². The van der Waals surface area contributed by atoms with E-state index in [0.29, 0.717) is 5.75 Å². The lowest BCUT2D eigenvalue weighted by atomic mass is 10.2. The number of piperazine rings is 1. The molecule has 1 unspecified atom stereocenters. The van der Waals surface area contributed by atoms with Crippen molar-refractivity contribution in [1.29, 1.82) is 0 Å². The highest BCUT2D eigenvalue weighted by Crippen LogP contribution is 2.16. The molecule has 0 aliphatic carbocycles. The molecule has 1 aromatic rings. The zero-order valence-corrected chi connectivity index (χ0v) is 12.5. The van der Waals surface area contributed by atoms with Crippen molar-refractivity contribution < 1.29 is 24.2 Å². The molecule has 1 atom stereocenters. The molecule has 2 rings (SSSR count). The monoisotopic (exact) mass is 356 g/mol. The van der Waals surface area contributed by atoms with Gasteiger partial charge in [0.2, 0.25) is 5.91 Å². The predicted octanol–water partition coefficient (Wildman–Crippen LogP) is 0.239. The van der Waals surface area contributed by atoms with Crippen molar-refractivity contribution >= 4 is 33.7 Å². The maximum Gasteiger partial charge on any atom is 0.328 e. The average molecular weight is 357 g/mol. The molecule has 2 N–H and O–H groups in total. The van der Waals surface area contributed by atoms with Crippen LogP contribution in [0.2, 0.25) is 0 Å². The first kappa shape index (κ1) is 15.3. The quantitative estimate of drug-likeness (QED) is 0.805. The summed E-state index contributed by atoms with van der Waals surface area (Å²) in [6.07, 6.45) is 0. The molecular formula is C13H13BrN2O5. The number of rotatable bonds is 4. The molecule has 1 aliphatic rings. The first-order valence-corrected chi connectivity index (χ1v) is 6.94. The zero-order chi connectivity index (χ0) is 15.4. The van der Waals surface area contributed by atoms with E-state index in [4.69, 9.17) is 9.84 Å². The summed E-state index contributed by atoms with van der Waals surface area (Å²) in [5, 5.41) is 11.5. The molecule has 1 heterocycles. The summed E-state index contributed by atoms with van der Waals surface area (Å²) in [5.74, 6) is -1.60. The number of aliphatic carboxylic acids is 1. The fourth-order valence-electron chi connectivity index (χ4n) is 1.88. The van der Waals surface area contributed by atoms with Gasteiger partial charge in [-0.2, -0.15) is 0 Å². The lowest BCUT2D eigenvalue weighted by Gasteiger charge is -2.32. The van der Waals surface area contributed by atoms with Crippen LogP contribution in [0.3, 0.4) is 0 Å². The average Bonchev–Trinajstić information content (AvgIpc) is 2.46. The van der Waals surface area contributed by atoms with Crippen molar-refractivity contribution in [2.45, 2.75) is 6.04 Å². The molecule has 1 aliphatic heterocycles. The van der Waals surface area contributed by atoms with Crippen molar-refractivity contribution in [3.63, 3.8) is 0 Å². The van der Waals surface area contributed by atoms with Crippen LogP contribution in [0, 0.1) is 0 Å². The molecule has 0 saturated carbocycles. The maximum atomic E-state index is 12.0. The fourth-order valence-corrected chi connectivity index (χ4v) is 2.15. The third-order valence-corrected chi connectivity index (χ3v) is 3.49. The molecule has 0 bridgehead atoms. The van der Waals surface area contributed by atoms with Gasteiger partial charge in [0.05, 0.1) is 0 Å². The van der Waals surface area contributed by atoms with Gasteiger partial charge in [0.15, 0.2) is 6.61 Å². The van der Waals surface area contributed by atoms with Crippen LogP contribution in [0.5, 0.6) is 5.75 Å². The Morgan fingerprint density at radius 3 is 2.67 bits per heavy atom. The molecule has 112 valence electrons. The molecule has 7 nitrogen and oxygen atoms in total. The van der Waals surface area contributed by atoms with Crippen molar-refractivity contribution in [3.05, 3.63) is 28.7 Å². The second-order valence-electron chi connectivity index (χ2n) is 4.42. The van der Waals surface area contributed by atoms with Gasteiger partial charge in [-0.1, -0.05) is 15.9 Å². The van der Waals surface area contributed by atoms with Gasteiger partial charge in [0, 0.05) is 11.0 Å². The minimum absolute atomic E-state index is 0.0990. The highest BCUT2D eigenvalue weighted by Gasteiger charge is 2.35. The number of ether oxygens (including phenoxy) is 1. The molecule has 1 saturated heterocycles. The van der Waals surface area contributed by atoms with Gasteiger partial charge in [-0.15, -0.1) is 0 Å². The van der Waals surface area contributed by atoms with Crippen LogP contribution in [0.25, 0.3) is 0 Å². The van der Waals surface area contributed by atoms with E-state index < -0.39 is 17.9 Å². The van der Waals surface area contributed by atoms with Gasteiger partial charge >= 0.3 is 5.97 Å². The summed E-state index contributed by atoms with van der Waals surface area (Å²) < 4.78 is 6.18. The van der Waals surface area contributed by atoms with E-state index in [9.17, 15) is 14.4 Å². The van der Waals surface area contributed by atoms with Gasteiger partial charge in [0.1, 0.15) is 18.3 Å². The SMILES string of the molecule is O=C1CN(C(=O)COc2ccc(Br)cc2)C(C(=O)O)CN1. The van der Waals surface area contributed by atoms with Gasteiger partial charge in [0.25, 0.3) is 5.91 Å². The summed E-state index contributed by atoms with van der Waals surface area (Å²) in [4.78, 5) is 35.5. The zero-order valence-electron chi connectivity index (χ0n) is 10.9. The number of nitrogens with zero attached hydrogens (tertiary/aromatic N) is 1. The van der Waals surface area contributed by atoms with Crippen LogP contribution >= 0.6 is 15.9 Å². The third-order valence-electron chi connectivity index (χ3n) is 2.96. The molecule has 0 spiro atoms. The van der Waals surface area contributed by atoms with E-state index in [1.807, 2.05) is 0 Å². The Morgan fingerprint density at radius 2 is 2.05 bits per heavy atom. The Morgan fingerprint density at radius 1 is 1.38 bits per heavy atom. The van der Waals surface area contributed by atoms with Gasteiger partial charge in [-0.3, -0.25) is 9.59 Å². The summed E-state index contributed by atoms with van der Waals surface area (Å²) in [6, 6.07) is 5.80. The number of carboxylic acids is 1. The van der Waals surface area contributed by atoms with E-state index in [-0.39, 0.29) is 25.6 Å². The summed E-state index contributed by atoms with van der Waals surface area (Å²) >= 11 is 3.28. The Balaban J connectivity index is 1.98. The van der Waals surface area contributed by atoms with E-state index >= 15 is 0 Å². The minimum Gasteiger partial charge on any atom is -0.484 e. The van der Waals surface area contributed by atoms with E-state index in [2.05, 4.69) is 21.2 Å². The Bertz CT molecular complexity index is 560. The van der Waals surface area contributed by atoms with Crippen molar-refractivity contribution in [1.82, 2.24) is 10.2 Å². The lowest BCUT2D eigenvalue weighted by molar-refractivity contribution is -0.154. The van der Waals surface area contributed by atoms with E-state index in [1.54, 1.807) is 24.3 Å². The second kappa shape index (κ2) is 6.57. The first-order valence-electron chi connectivity index (χ1n) is 6.14. The van der Waals surface area contributed by atoms with Crippen molar-refractivity contribution in [2.24, 2.45) is 0 Å². The van der Waals surface area contributed by atoms with Crippen LogP contribution < -0.4 is 10.1 Å². The summed E-state index contributed by atoms with van der Waals surface area (Å²) in [7, 11) is 0. The second-order valence-corrected chi connectivity index (χ2v) is 5.34. The standard InChI is InChI=1S/C13H13BrN2O5/c14-8-1-3-9(4-2-8)21-7-12(18)16-6-11(17)15-5-10(16)13(19)20/h1-4,10H,5-7H2,(H,15,17)(H,19,20). The molecule has 0 aromatic heterocycles. The number of carboxylic acid groups (broad SMARTS) is 1. The molecule has 0 radical (unpaired) electrons. The molecule has 8 heteroatoms. The Kier molecular flexibility index (Phi) is 4.79. The van der Waals surface area contributed by atoms with Gasteiger partial charge < -0.3 is 20.1 Å². The molecule has 1 aromatic carbocycles. The molecule has 1 fully saturated rings. The molecule has 2 amide bonds. The third kappa shape index (κ3) is 3.94. The number of benzene rings is 1.